The van der Waals surface area contributed by atoms with Gasteiger partial charge in [-0.1, -0.05) is 0 Å². The Labute approximate surface area is 163 Å². The van der Waals surface area contributed by atoms with E-state index in [0.29, 0.717) is 17.8 Å². The third kappa shape index (κ3) is 3.20. The molecule has 4 heterocycles. The first kappa shape index (κ1) is 18.4. The molecule has 0 unspecified atom stereocenters. The van der Waals surface area contributed by atoms with Crippen molar-refractivity contribution in [3.63, 3.8) is 0 Å². The number of nitrogens with two attached hydrogens (primary N) is 1. The van der Waals surface area contributed by atoms with E-state index in [1.807, 2.05) is 44.1 Å². The van der Waals surface area contributed by atoms with Crippen molar-refractivity contribution in [1.29, 1.82) is 0 Å². The molecule has 1 aliphatic rings. The molecule has 1 saturated heterocycles. The Hall–Kier alpha value is -3.00. The van der Waals surface area contributed by atoms with Crippen molar-refractivity contribution in [2.75, 3.05) is 37.9 Å². The van der Waals surface area contributed by atoms with Crippen LogP contribution in [-0.2, 0) is 4.74 Å². The standard InChI is InChI=1S/C20H24N6O2/c1-12-15-9-16(13-6-7-17(22-10-13)25(2)3)19(27)26(14-5-4-8-28-11-14)18(15)24-20(21)23-12/h6-7,9-10,14H,4-5,8,11H2,1-3H3,(H2,21,23,24)/t14-/m0/s1. The van der Waals surface area contributed by atoms with Gasteiger partial charge in [-0.2, -0.15) is 4.98 Å². The van der Waals surface area contributed by atoms with Gasteiger partial charge in [0.05, 0.1) is 18.3 Å². The second-order valence-corrected chi connectivity index (χ2v) is 7.31. The molecule has 0 aromatic carbocycles. The molecule has 4 rings (SSSR count). The van der Waals surface area contributed by atoms with E-state index in [1.165, 1.54) is 0 Å². The molecule has 1 fully saturated rings. The fourth-order valence-electron chi connectivity index (χ4n) is 3.66. The Kier molecular flexibility index (Phi) is 4.72. The van der Waals surface area contributed by atoms with Crippen LogP contribution in [-0.4, -0.2) is 46.8 Å². The number of rotatable bonds is 3. The molecule has 3 aromatic rings. The number of nitrogen functional groups attached to an aromatic ring is 1. The van der Waals surface area contributed by atoms with E-state index in [-0.39, 0.29) is 17.5 Å². The number of pyridine rings is 2. The van der Waals surface area contributed by atoms with Crippen LogP contribution in [0.5, 0.6) is 0 Å². The molecule has 8 nitrogen and oxygen atoms in total. The van der Waals surface area contributed by atoms with Crippen LogP contribution in [0.25, 0.3) is 22.2 Å². The van der Waals surface area contributed by atoms with Crippen LogP contribution >= 0.6 is 0 Å². The average Bonchev–Trinajstić information content (AvgIpc) is 2.68. The maximum absolute atomic E-state index is 13.5. The smallest absolute Gasteiger partial charge is 0.260 e. The molecular formula is C20H24N6O2. The summed E-state index contributed by atoms with van der Waals surface area (Å²) in [4.78, 5) is 28.6. The summed E-state index contributed by atoms with van der Waals surface area (Å²) in [5, 5.41) is 0.811. The van der Waals surface area contributed by atoms with E-state index in [0.717, 1.165) is 41.9 Å². The minimum absolute atomic E-state index is 0.0774. The highest BCUT2D eigenvalue weighted by atomic mass is 16.5. The molecule has 2 N–H and O–H groups in total. The molecule has 3 aromatic heterocycles. The van der Waals surface area contributed by atoms with Crippen molar-refractivity contribution in [2.24, 2.45) is 0 Å². The molecular weight excluding hydrogens is 356 g/mol. The molecule has 1 aliphatic heterocycles. The zero-order valence-corrected chi connectivity index (χ0v) is 16.3. The monoisotopic (exact) mass is 380 g/mol. The van der Waals surface area contributed by atoms with Crippen molar-refractivity contribution < 1.29 is 4.74 Å². The highest BCUT2D eigenvalue weighted by Crippen LogP contribution is 2.27. The lowest BCUT2D eigenvalue weighted by atomic mass is 10.0. The van der Waals surface area contributed by atoms with E-state index < -0.39 is 0 Å². The Morgan fingerprint density at radius 1 is 1.29 bits per heavy atom. The molecule has 1 atom stereocenters. The highest BCUT2D eigenvalue weighted by molar-refractivity contribution is 5.84. The fraction of sp³-hybridized carbons (Fsp3) is 0.400. The molecule has 0 spiro atoms. The fourth-order valence-corrected chi connectivity index (χ4v) is 3.66. The number of anilines is 2. The van der Waals surface area contributed by atoms with Crippen molar-refractivity contribution >= 4 is 22.8 Å². The minimum Gasteiger partial charge on any atom is -0.379 e. The number of ether oxygens (including phenoxy) is 1. The van der Waals surface area contributed by atoms with Gasteiger partial charge in [0.25, 0.3) is 5.56 Å². The van der Waals surface area contributed by atoms with Crippen LogP contribution in [0.2, 0.25) is 0 Å². The summed E-state index contributed by atoms with van der Waals surface area (Å²) in [6.45, 7) is 3.08. The van der Waals surface area contributed by atoms with Crippen molar-refractivity contribution in [3.8, 4) is 11.1 Å². The Morgan fingerprint density at radius 3 is 2.75 bits per heavy atom. The zero-order valence-electron chi connectivity index (χ0n) is 16.3. The number of hydrogen-bond donors (Lipinski definition) is 1. The third-order valence-corrected chi connectivity index (χ3v) is 5.12. The minimum atomic E-state index is -0.111. The van der Waals surface area contributed by atoms with Gasteiger partial charge in [-0.3, -0.25) is 9.36 Å². The predicted octanol–water partition coefficient (Wildman–Crippen LogP) is 2.16. The van der Waals surface area contributed by atoms with Crippen molar-refractivity contribution in [2.45, 2.75) is 25.8 Å². The molecule has 0 radical (unpaired) electrons. The Balaban J connectivity index is 1.97. The number of hydrogen-bond acceptors (Lipinski definition) is 7. The molecule has 0 amide bonds. The lowest BCUT2D eigenvalue weighted by Gasteiger charge is -2.26. The summed E-state index contributed by atoms with van der Waals surface area (Å²) < 4.78 is 7.37. The van der Waals surface area contributed by atoms with Gasteiger partial charge in [-0.05, 0) is 38.0 Å². The molecule has 28 heavy (non-hydrogen) atoms. The van der Waals surface area contributed by atoms with Crippen LogP contribution in [0.4, 0.5) is 11.8 Å². The lowest BCUT2D eigenvalue weighted by molar-refractivity contribution is 0.0594. The summed E-state index contributed by atoms with van der Waals surface area (Å²) >= 11 is 0. The normalized spacial score (nSPS) is 17.0. The number of fused-ring (bicyclic) bond motifs is 1. The van der Waals surface area contributed by atoms with E-state index >= 15 is 0 Å². The summed E-state index contributed by atoms with van der Waals surface area (Å²) in [7, 11) is 3.86. The summed E-state index contributed by atoms with van der Waals surface area (Å²) in [5.41, 5.74) is 8.42. The largest absolute Gasteiger partial charge is 0.379 e. The maximum Gasteiger partial charge on any atom is 0.260 e. The van der Waals surface area contributed by atoms with E-state index in [4.69, 9.17) is 10.5 Å². The van der Waals surface area contributed by atoms with Gasteiger partial charge in [0.1, 0.15) is 11.5 Å². The quantitative estimate of drug-likeness (QED) is 0.743. The third-order valence-electron chi connectivity index (χ3n) is 5.12. The van der Waals surface area contributed by atoms with Crippen LogP contribution in [0.15, 0.2) is 29.2 Å². The topological polar surface area (TPSA) is 99.2 Å². The van der Waals surface area contributed by atoms with Crippen LogP contribution in [0.3, 0.4) is 0 Å². The first-order valence-electron chi connectivity index (χ1n) is 9.36. The van der Waals surface area contributed by atoms with Gasteiger partial charge < -0.3 is 15.4 Å². The van der Waals surface area contributed by atoms with Gasteiger partial charge in [0.15, 0.2) is 0 Å². The van der Waals surface area contributed by atoms with Gasteiger partial charge in [-0.25, -0.2) is 9.97 Å². The van der Waals surface area contributed by atoms with Crippen molar-refractivity contribution in [3.05, 3.63) is 40.4 Å². The first-order valence-corrected chi connectivity index (χ1v) is 9.36. The van der Waals surface area contributed by atoms with E-state index in [2.05, 4.69) is 15.0 Å². The summed E-state index contributed by atoms with van der Waals surface area (Å²) in [5.74, 6) is 0.998. The van der Waals surface area contributed by atoms with Crippen LogP contribution in [0.1, 0.15) is 24.6 Å². The summed E-state index contributed by atoms with van der Waals surface area (Å²) in [6, 6.07) is 5.59. The highest BCUT2D eigenvalue weighted by Gasteiger charge is 2.23. The molecule has 8 heteroatoms. The molecule has 0 bridgehead atoms. The van der Waals surface area contributed by atoms with Crippen molar-refractivity contribution in [1.82, 2.24) is 19.5 Å². The molecule has 0 saturated carbocycles. The maximum atomic E-state index is 13.5. The van der Waals surface area contributed by atoms with Gasteiger partial charge in [-0.15, -0.1) is 0 Å². The summed E-state index contributed by atoms with van der Waals surface area (Å²) in [6.07, 6.45) is 3.49. The SMILES string of the molecule is Cc1nc(N)nc2c1cc(-c1ccc(N(C)C)nc1)c(=O)n2[C@H]1CCCOC1. The predicted molar refractivity (Wildman–Crippen MR) is 110 cm³/mol. The number of aromatic nitrogens is 4. The zero-order chi connectivity index (χ0) is 19.8. The Morgan fingerprint density at radius 2 is 2.11 bits per heavy atom. The lowest BCUT2D eigenvalue weighted by Crippen LogP contribution is -2.32. The average molecular weight is 380 g/mol. The second kappa shape index (κ2) is 7.20. The molecule has 146 valence electrons. The van der Waals surface area contributed by atoms with Crippen LogP contribution in [0, 0.1) is 6.92 Å². The van der Waals surface area contributed by atoms with Gasteiger partial charge in [0, 0.05) is 43.4 Å². The number of aryl methyl sites for hydroxylation is 1. The van der Waals surface area contributed by atoms with E-state index in [9.17, 15) is 4.79 Å². The van der Waals surface area contributed by atoms with E-state index in [1.54, 1.807) is 10.8 Å². The van der Waals surface area contributed by atoms with Crippen LogP contribution < -0.4 is 16.2 Å². The van der Waals surface area contributed by atoms with Gasteiger partial charge >= 0.3 is 0 Å². The second-order valence-electron chi connectivity index (χ2n) is 7.31. The number of nitrogens with zero attached hydrogens (tertiary/aromatic N) is 5. The van der Waals surface area contributed by atoms with Gasteiger partial charge in [0.2, 0.25) is 5.95 Å². The Bertz CT molecular complexity index is 1070. The molecule has 0 aliphatic carbocycles. The first-order chi connectivity index (χ1) is 13.5.